The molecule has 0 radical (unpaired) electrons. The lowest BCUT2D eigenvalue weighted by atomic mass is 9.90. The van der Waals surface area contributed by atoms with Gasteiger partial charge in [-0.25, -0.2) is 4.68 Å². The molecule has 1 aliphatic heterocycles. The fourth-order valence-electron chi connectivity index (χ4n) is 4.47. The molecule has 0 bridgehead atoms. The van der Waals surface area contributed by atoms with Crippen molar-refractivity contribution in [2.24, 2.45) is 5.92 Å². The minimum absolute atomic E-state index is 0.233. The van der Waals surface area contributed by atoms with E-state index in [1.54, 1.807) is 4.68 Å². The molecular weight excluding hydrogens is 364 g/mol. The Bertz CT molecular complexity index is 1210. The highest BCUT2D eigenvalue weighted by Crippen LogP contribution is 2.34. The third kappa shape index (κ3) is 3.24. The van der Waals surface area contributed by atoms with Gasteiger partial charge in [0.2, 0.25) is 0 Å². The summed E-state index contributed by atoms with van der Waals surface area (Å²) in [5.41, 5.74) is 2.43. The molecular formula is C23H24N4O2. The van der Waals surface area contributed by atoms with Crippen molar-refractivity contribution in [3.05, 3.63) is 70.6 Å². The van der Waals surface area contributed by atoms with E-state index in [0.29, 0.717) is 23.5 Å². The van der Waals surface area contributed by atoms with Gasteiger partial charge in [0.05, 0.1) is 17.5 Å². The molecule has 29 heavy (non-hydrogen) atoms. The van der Waals surface area contributed by atoms with Crippen LogP contribution >= 0.6 is 0 Å². The number of aliphatic hydroxyl groups is 1. The van der Waals surface area contributed by atoms with Crippen molar-refractivity contribution in [3.63, 3.8) is 0 Å². The van der Waals surface area contributed by atoms with Gasteiger partial charge in [-0.3, -0.25) is 4.79 Å². The van der Waals surface area contributed by atoms with Gasteiger partial charge in [-0.05, 0) is 56.5 Å². The summed E-state index contributed by atoms with van der Waals surface area (Å²) in [6, 6.07) is 17.4. The second-order valence-corrected chi connectivity index (χ2v) is 7.80. The Morgan fingerprint density at radius 2 is 1.79 bits per heavy atom. The molecule has 6 heteroatoms. The molecule has 5 rings (SSSR count). The maximum atomic E-state index is 12.8. The molecule has 1 atom stereocenters. The van der Waals surface area contributed by atoms with Crippen LogP contribution in [0.2, 0.25) is 0 Å². The number of piperidine rings is 1. The van der Waals surface area contributed by atoms with Crippen LogP contribution in [0.25, 0.3) is 27.5 Å². The maximum Gasteiger partial charge on any atom is 0.276 e. The third-order valence-corrected chi connectivity index (χ3v) is 5.91. The molecule has 2 aromatic carbocycles. The predicted octanol–water partition coefficient (Wildman–Crippen LogP) is 3.29. The average molecular weight is 388 g/mol. The van der Waals surface area contributed by atoms with Crippen LogP contribution in [0.3, 0.4) is 0 Å². The fourth-order valence-corrected chi connectivity index (χ4v) is 4.47. The third-order valence-electron chi connectivity index (χ3n) is 5.91. The number of fused-ring (bicyclic) bond motifs is 3. The number of para-hydroxylation sites is 2. The van der Waals surface area contributed by atoms with Gasteiger partial charge in [-0.1, -0.05) is 36.4 Å². The Morgan fingerprint density at radius 3 is 2.59 bits per heavy atom. The molecule has 3 N–H and O–H groups in total. The number of nitrogens with zero attached hydrogens (tertiary/aromatic N) is 2. The van der Waals surface area contributed by atoms with Crippen LogP contribution in [-0.4, -0.2) is 33.0 Å². The minimum atomic E-state index is -0.700. The molecule has 1 aliphatic rings. The molecule has 1 unspecified atom stereocenters. The highest BCUT2D eigenvalue weighted by Gasteiger charge is 2.26. The number of aromatic nitrogens is 3. The molecule has 0 amide bonds. The van der Waals surface area contributed by atoms with Crippen LogP contribution in [0.4, 0.5) is 0 Å². The van der Waals surface area contributed by atoms with E-state index in [0.717, 1.165) is 47.9 Å². The summed E-state index contributed by atoms with van der Waals surface area (Å²) < 4.78 is 1.75. The summed E-state index contributed by atoms with van der Waals surface area (Å²) in [5, 5.41) is 21.0. The van der Waals surface area contributed by atoms with E-state index in [9.17, 15) is 9.90 Å². The normalized spacial score (nSPS) is 16.4. The number of aliphatic hydroxyl groups excluding tert-OH is 1. The van der Waals surface area contributed by atoms with E-state index in [-0.39, 0.29) is 5.56 Å². The molecule has 2 aromatic heterocycles. The Hall–Kier alpha value is -2.96. The Balaban J connectivity index is 1.75. The van der Waals surface area contributed by atoms with E-state index in [1.165, 1.54) is 0 Å². The van der Waals surface area contributed by atoms with Crippen LogP contribution in [-0.2, 0) is 0 Å². The number of pyridine rings is 1. The van der Waals surface area contributed by atoms with Crippen molar-refractivity contribution in [2.75, 3.05) is 13.1 Å². The van der Waals surface area contributed by atoms with E-state index in [2.05, 4.69) is 15.4 Å². The van der Waals surface area contributed by atoms with Crippen LogP contribution < -0.4 is 10.9 Å². The molecule has 3 heterocycles. The van der Waals surface area contributed by atoms with Crippen molar-refractivity contribution in [1.82, 2.24) is 20.1 Å². The number of hydrogen-bond donors (Lipinski definition) is 3. The van der Waals surface area contributed by atoms with Gasteiger partial charge in [-0.2, -0.15) is 5.10 Å². The first-order chi connectivity index (χ1) is 14.2. The lowest BCUT2D eigenvalue weighted by Gasteiger charge is -2.25. The topological polar surface area (TPSA) is 82.9 Å². The Kier molecular flexibility index (Phi) is 4.66. The highest BCUT2D eigenvalue weighted by molar-refractivity contribution is 6.05. The molecule has 1 saturated heterocycles. The summed E-state index contributed by atoms with van der Waals surface area (Å²) in [7, 11) is 0. The summed E-state index contributed by atoms with van der Waals surface area (Å²) >= 11 is 0. The van der Waals surface area contributed by atoms with Crippen molar-refractivity contribution in [2.45, 2.75) is 25.4 Å². The molecule has 0 saturated carbocycles. The Morgan fingerprint density at radius 1 is 1.07 bits per heavy atom. The van der Waals surface area contributed by atoms with Crippen LogP contribution in [0.5, 0.6) is 0 Å². The lowest BCUT2D eigenvalue weighted by molar-refractivity contribution is 0.128. The van der Waals surface area contributed by atoms with Crippen molar-refractivity contribution in [3.8, 4) is 5.69 Å². The standard InChI is InChI=1S/C23H24N4O2/c28-19(14-15-10-12-24-13-11-15)22-20-17-8-4-5-9-18(17)25-23(29)21(20)26-27(22)16-6-2-1-3-7-16/h1-9,15,19,24,28H,10-14H2,(H,25,29). The van der Waals surface area contributed by atoms with Crippen molar-refractivity contribution in [1.29, 1.82) is 0 Å². The SMILES string of the molecule is O=c1[nH]c2ccccc2c2c(C(O)CC3CCNCC3)n(-c3ccccc3)nc12. The molecule has 6 nitrogen and oxygen atoms in total. The fraction of sp³-hybridized carbons (Fsp3) is 0.304. The first kappa shape index (κ1) is 18.1. The monoisotopic (exact) mass is 388 g/mol. The van der Waals surface area contributed by atoms with Gasteiger partial charge < -0.3 is 15.4 Å². The van der Waals surface area contributed by atoms with Crippen LogP contribution in [0, 0.1) is 5.92 Å². The highest BCUT2D eigenvalue weighted by atomic mass is 16.3. The number of H-pyrrole nitrogens is 1. The lowest BCUT2D eigenvalue weighted by Crippen LogP contribution is -2.28. The van der Waals surface area contributed by atoms with Crippen molar-refractivity contribution < 1.29 is 5.11 Å². The molecule has 1 fully saturated rings. The van der Waals surface area contributed by atoms with Crippen molar-refractivity contribution >= 4 is 21.8 Å². The Labute approximate surface area is 168 Å². The number of hydrogen-bond acceptors (Lipinski definition) is 4. The van der Waals surface area contributed by atoms with Gasteiger partial charge in [0, 0.05) is 16.3 Å². The summed E-state index contributed by atoms with van der Waals surface area (Å²) in [6.07, 6.45) is 2.07. The zero-order valence-electron chi connectivity index (χ0n) is 16.1. The summed E-state index contributed by atoms with van der Waals surface area (Å²) in [4.78, 5) is 15.7. The van der Waals surface area contributed by atoms with Gasteiger partial charge in [-0.15, -0.1) is 0 Å². The molecule has 4 aromatic rings. The molecule has 148 valence electrons. The van der Waals surface area contributed by atoms with Gasteiger partial charge in [0.25, 0.3) is 5.56 Å². The number of nitrogens with one attached hydrogen (secondary N) is 2. The number of benzene rings is 2. The van der Waals surface area contributed by atoms with E-state index in [4.69, 9.17) is 0 Å². The predicted molar refractivity (Wildman–Crippen MR) is 114 cm³/mol. The minimum Gasteiger partial charge on any atom is -0.387 e. The first-order valence-corrected chi connectivity index (χ1v) is 10.2. The largest absolute Gasteiger partial charge is 0.387 e. The van der Waals surface area contributed by atoms with E-state index >= 15 is 0 Å². The number of aromatic amines is 1. The van der Waals surface area contributed by atoms with Crippen LogP contribution in [0.15, 0.2) is 59.4 Å². The average Bonchev–Trinajstić information content (AvgIpc) is 3.17. The summed E-state index contributed by atoms with van der Waals surface area (Å²) in [5.74, 6) is 0.452. The summed E-state index contributed by atoms with van der Waals surface area (Å²) in [6.45, 7) is 1.97. The van der Waals surface area contributed by atoms with Gasteiger partial charge in [0.1, 0.15) is 0 Å². The first-order valence-electron chi connectivity index (χ1n) is 10.2. The molecule has 0 aliphatic carbocycles. The van der Waals surface area contributed by atoms with Gasteiger partial charge >= 0.3 is 0 Å². The maximum absolute atomic E-state index is 12.8. The second-order valence-electron chi connectivity index (χ2n) is 7.80. The van der Waals surface area contributed by atoms with Crippen LogP contribution in [0.1, 0.15) is 31.1 Å². The quantitative estimate of drug-likeness (QED) is 0.501. The zero-order valence-corrected chi connectivity index (χ0v) is 16.1. The zero-order chi connectivity index (χ0) is 19.8. The van der Waals surface area contributed by atoms with E-state index < -0.39 is 6.10 Å². The van der Waals surface area contributed by atoms with Gasteiger partial charge in [0.15, 0.2) is 5.52 Å². The second kappa shape index (κ2) is 7.46. The number of rotatable bonds is 4. The molecule has 0 spiro atoms. The smallest absolute Gasteiger partial charge is 0.276 e. The van der Waals surface area contributed by atoms with E-state index in [1.807, 2.05) is 54.6 Å².